The van der Waals surface area contributed by atoms with Crippen LogP contribution in [0.1, 0.15) is 5.56 Å². The van der Waals surface area contributed by atoms with Gasteiger partial charge in [0.15, 0.2) is 25.4 Å². The van der Waals surface area contributed by atoms with Crippen LogP contribution in [0.15, 0.2) is 35.7 Å². The van der Waals surface area contributed by atoms with Gasteiger partial charge < -0.3 is 25.0 Å². The van der Waals surface area contributed by atoms with E-state index in [2.05, 4.69) is 6.58 Å². The Balaban J connectivity index is 0.000000400. The van der Waals surface area contributed by atoms with Gasteiger partial charge in [0.2, 0.25) is 0 Å². The average molecular weight is 338 g/mol. The van der Waals surface area contributed by atoms with Crippen molar-refractivity contribution < 1.29 is 33.4 Å². The number of aliphatic hydroxyl groups excluding tert-OH is 4. The third-order valence-electron chi connectivity index (χ3n) is 2.61. The number of hydrogen-bond donors (Lipinski definition) is 4. The van der Waals surface area contributed by atoms with Gasteiger partial charge in [-0.25, -0.2) is 8.42 Å². The molecule has 0 atom stereocenters. The standard InChI is InChI=1S/C8H8O3S.C4H12O4P/c1-2-7-5-3-4-6-8(7)12(9,10)11;5-1-9(2-6,3-7)4-8/h2-6H,1H2,(H,9,10,11);5-8H,1-4H2/q;+1/p-1. The summed E-state index contributed by atoms with van der Waals surface area (Å²) in [6, 6.07) is 5.93. The van der Waals surface area contributed by atoms with Gasteiger partial charge in [-0.2, -0.15) is 0 Å². The molecule has 0 spiro atoms. The van der Waals surface area contributed by atoms with Crippen molar-refractivity contribution in [2.75, 3.05) is 25.4 Å². The van der Waals surface area contributed by atoms with Crippen molar-refractivity contribution in [2.45, 2.75) is 4.90 Å². The lowest BCUT2D eigenvalue weighted by Crippen LogP contribution is -2.10. The van der Waals surface area contributed by atoms with E-state index < -0.39 is 17.4 Å². The predicted octanol–water partition coefficient (Wildman–Crippen LogP) is 0.0369. The monoisotopic (exact) mass is 338 g/mol. The normalized spacial score (nSPS) is 11.5. The van der Waals surface area contributed by atoms with Gasteiger partial charge in [-0.3, -0.25) is 0 Å². The van der Waals surface area contributed by atoms with Gasteiger partial charge in [0.25, 0.3) is 0 Å². The molecule has 4 N–H and O–H groups in total. The van der Waals surface area contributed by atoms with Crippen LogP contribution in [-0.2, 0) is 10.1 Å². The van der Waals surface area contributed by atoms with Gasteiger partial charge in [0.1, 0.15) is 17.4 Å². The zero-order valence-electron chi connectivity index (χ0n) is 11.3. The average Bonchev–Trinajstić information content (AvgIpc) is 2.50. The van der Waals surface area contributed by atoms with Crippen LogP contribution in [0.25, 0.3) is 6.08 Å². The van der Waals surface area contributed by atoms with Gasteiger partial charge in [-0.05, 0) is 11.6 Å². The topological polar surface area (TPSA) is 138 Å². The van der Waals surface area contributed by atoms with Crippen LogP contribution < -0.4 is 0 Å². The highest BCUT2D eigenvalue weighted by Gasteiger charge is 2.34. The van der Waals surface area contributed by atoms with Crippen LogP contribution in [0.2, 0.25) is 0 Å². The third-order valence-corrected chi connectivity index (χ3v) is 5.92. The van der Waals surface area contributed by atoms with Crippen LogP contribution in [0.5, 0.6) is 0 Å². The molecule has 0 unspecified atom stereocenters. The Labute approximate surface area is 124 Å². The molecule has 0 heterocycles. The minimum atomic E-state index is -4.37. The SMILES string of the molecule is C=Cc1ccccc1S(=O)(=O)[O-].OC[P+](CO)(CO)CO. The molecular formula is C12H19O7PS. The lowest BCUT2D eigenvalue weighted by Gasteiger charge is -2.15. The second-order valence-electron chi connectivity index (χ2n) is 4.10. The summed E-state index contributed by atoms with van der Waals surface area (Å²) in [4.78, 5) is -0.222. The molecule has 0 fully saturated rings. The Morgan fingerprint density at radius 1 is 1.05 bits per heavy atom. The first-order valence-corrected chi connectivity index (χ1v) is 9.70. The van der Waals surface area contributed by atoms with Gasteiger partial charge in [-0.15, -0.1) is 0 Å². The summed E-state index contributed by atoms with van der Waals surface area (Å²) < 4.78 is 31.8. The molecule has 0 aromatic heterocycles. The molecule has 21 heavy (non-hydrogen) atoms. The van der Waals surface area contributed by atoms with Crippen molar-refractivity contribution in [3.63, 3.8) is 0 Å². The lowest BCUT2D eigenvalue weighted by molar-refractivity contribution is 0.288. The highest BCUT2D eigenvalue weighted by Crippen LogP contribution is 2.54. The summed E-state index contributed by atoms with van der Waals surface area (Å²) in [6.45, 7) is 3.40. The van der Waals surface area contributed by atoms with Crippen LogP contribution in [0.4, 0.5) is 0 Å². The molecule has 0 bridgehead atoms. The van der Waals surface area contributed by atoms with E-state index in [0.29, 0.717) is 5.56 Å². The van der Waals surface area contributed by atoms with E-state index in [0.717, 1.165) is 0 Å². The van der Waals surface area contributed by atoms with Crippen LogP contribution in [0.3, 0.4) is 0 Å². The first-order valence-electron chi connectivity index (χ1n) is 5.76. The second kappa shape index (κ2) is 9.22. The summed E-state index contributed by atoms with van der Waals surface area (Å²) in [5.74, 6) is 0. The maximum atomic E-state index is 10.6. The van der Waals surface area contributed by atoms with Gasteiger partial charge in [-0.1, -0.05) is 30.9 Å². The number of hydrogen-bond acceptors (Lipinski definition) is 7. The molecule has 1 aromatic carbocycles. The molecule has 0 radical (unpaired) electrons. The minimum absolute atomic E-state index is 0.222. The fourth-order valence-electron chi connectivity index (χ4n) is 1.15. The van der Waals surface area contributed by atoms with E-state index in [1.165, 1.54) is 24.3 Å². The Hall–Kier alpha value is -0.860. The van der Waals surface area contributed by atoms with Crippen molar-refractivity contribution in [1.82, 2.24) is 0 Å². The van der Waals surface area contributed by atoms with Crippen LogP contribution in [-0.4, -0.2) is 58.8 Å². The van der Waals surface area contributed by atoms with Gasteiger partial charge in [0.05, 0.1) is 4.90 Å². The van der Waals surface area contributed by atoms with Gasteiger partial charge >= 0.3 is 0 Å². The minimum Gasteiger partial charge on any atom is -0.744 e. The maximum Gasteiger partial charge on any atom is 0.161 e. The van der Waals surface area contributed by atoms with Crippen LogP contribution >= 0.6 is 7.26 Å². The zero-order chi connectivity index (χ0) is 16.5. The van der Waals surface area contributed by atoms with E-state index in [4.69, 9.17) is 20.4 Å². The predicted molar refractivity (Wildman–Crippen MR) is 79.8 cm³/mol. The first kappa shape index (κ1) is 20.1. The molecule has 1 rings (SSSR count). The summed E-state index contributed by atoms with van der Waals surface area (Å²) in [5.41, 5.74) is 0.340. The molecule has 0 aliphatic carbocycles. The molecular weight excluding hydrogens is 319 g/mol. The van der Waals surface area contributed by atoms with E-state index in [-0.39, 0.29) is 30.3 Å². The highest BCUT2D eigenvalue weighted by molar-refractivity contribution is 7.85. The van der Waals surface area contributed by atoms with Crippen LogP contribution in [0, 0.1) is 0 Å². The van der Waals surface area contributed by atoms with E-state index in [1.54, 1.807) is 6.07 Å². The number of rotatable bonds is 6. The van der Waals surface area contributed by atoms with Crippen molar-refractivity contribution in [1.29, 1.82) is 0 Å². The summed E-state index contributed by atoms with van der Waals surface area (Å²) >= 11 is 0. The van der Waals surface area contributed by atoms with Crippen molar-refractivity contribution in [3.8, 4) is 0 Å². The molecule has 0 saturated carbocycles. The van der Waals surface area contributed by atoms with E-state index in [1.807, 2.05) is 0 Å². The molecule has 0 amide bonds. The van der Waals surface area contributed by atoms with Gasteiger partial charge in [0, 0.05) is 0 Å². The highest BCUT2D eigenvalue weighted by atomic mass is 32.2. The molecule has 7 nitrogen and oxygen atoms in total. The fraction of sp³-hybridized carbons (Fsp3) is 0.333. The number of benzene rings is 1. The fourth-order valence-corrected chi connectivity index (χ4v) is 2.37. The zero-order valence-corrected chi connectivity index (χ0v) is 13.0. The van der Waals surface area contributed by atoms with Crippen molar-refractivity contribution in [3.05, 3.63) is 36.4 Å². The molecule has 120 valence electrons. The first-order chi connectivity index (χ1) is 9.80. The summed E-state index contributed by atoms with van der Waals surface area (Å²) in [5, 5.41) is 34.2. The Bertz CT molecular complexity index is 523. The van der Waals surface area contributed by atoms with Crippen molar-refractivity contribution in [2.24, 2.45) is 0 Å². The Morgan fingerprint density at radius 3 is 1.71 bits per heavy atom. The van der Waals surface area contributed by atoms with Crippen molar-refractivity contribution >= 4 is 23.5 Å². The lowest BCUT2D eigenvalue weighted by atomic mass is 10.2. The summed E-state index contributed by atoms with van der Waals surface area (Å²) in [7, 11) is -6.56. The molecule has 0 saturated heterocycles. The second-order valence-corrected chi connectivity index (χ2v) is 9.27. The van der Waals surface area contributed by atoms with E-state index >= 15 is 0 Å². The quantitative estimate of drug-likeness (QED) is 0.424. The Kier molecular flexibility index (Phi) is 8.84. The maximum absolute atomic E-state index is 10.6. The smallest absolute Gasteiger partial charge is 0.161 e. The molecule has 0 aliphatic heterocycles. The number of aliphatic hydroxyl groups is 4. The molecule has 0 aliphatic rings. The largest absolute Gasteiger partial charge is 0.744 e. The third kappa shape index (κ3) is 6.19. The van der Waals surface area contributed by atoms with E-state index in [9.17, 15) is 13.0 Å². The molecule has 9 heteroatoms. The Morgan fingerprint density at radius 2 is 1.48 bits per heavy atom. The summed E-state index contributed by atoms with van der Waals surface area (Å²) in [6.07, 6.45) is 0.158. The molecule has 1 aromatic rings.